The first-order valence-electron chi connectivity index (χ1n) is 3.25. The number of hydrazine groups is 1. The van der Waals surface area contributed by atoms with Gasteiger partial charge in [-0.3, -0.25) is 16.0 Å². The number of nitrogens with one attached hydrogen (secondary N) is 1. The number of hydrogen-bond donors (Lipinski definition) is 2. The molecule has 0 radical (unpaired) electrons. The van der Waals surface area contributed by atoms with Gasteiger partial charge in [0, 0.05) is 26.2 Å². The maximum absolute atomic E-state index is 5.10. The van der Waals surface area contributed by atoms with Crippen LogP contribution in [0.5, 0.6) is 0 Å². The van der Waals surface area contributed by atoms with Gasteiger partial charge in [0.1, 0.15) is 0 Å². The predicted molar refractivity (Wildman–Crippen MR) is 39.1 cm³/mol. The van der Waals surface area contributed by atoms with Gasteiger partial charge in [-0.15, -0.1) is 0 Å². The van der Waals surface area contributed by atoms with Crippen molar-refractivity contribution in [2.24, 2.45) is 12.9 Å². The Kier molecular flexibility index (Phi) is 2.42. The molecule has 10 heavy (non-hydrogen) atoms. The molecule has 0 fully saturated rings. The molecule has 1 aromatic rings. The Morgan fingerprint density at radius 2 is 2.60 bits per heavy atom. The number of rotatable bonds is 3. The van der Waals surface area contributed by atoms with Gasteiger partial charge in [0.05, 0.1) is 5.69 Å². The van der Waals surface area contributed by atoms with Crippen LogP contribution in [-0.4, -0.2) is 16.3 Å². The van der Waals surface area contributed by atoms with E-state index in [1.807, 2.05) is 19.3 Å². The number of aromatic nitrogens is 2. The summed E-state index contributed by atoms with van der Waals surface area (Å²) in [5, 5.41) is 4.17. The predicted octanol–water partition coefficient (Wildman–Crippen LogP) is -0.574. The molecule has 0 atom stereocenters. The van der Waals surface area contributed by atoms with E-state index in [1.54, 1.807) is 4.68 Å². The Morgan fingerprint density at radius 3 is 3.10 bits per heavy atom. The highest BCUT2D eigenvalue weighted by molar-refractivity contribution is 4.98. The van der Waals surface area contributed by atoms with Crippen molar-refractivity contribution in [3.63, 3.8) is 0 Å². The molecule has 0 saturated carbocycles. The van der Waals surface area contributed by atoms with Crippen LogP contribution in [0, 0.1) is 0 Å². The van der Waals surface area contributed by atoms with Crippen LogP contribution in [0.15, 0.2) is 12.3 Å². The van der Waals surface area contributed by atoms with E-state index in [0.29, 0.717) is 0 Å². The van der Waals surface area contributed by atoms with E-state index in [9.17, 15) is 0 Å². The van der Waals surface area contributed by atoms with Gasteiger partial charge >= 0.3 is 0 Å². The fraction of sp³-hybridized carbons (Fsp3) is 0.500. The van der Waals surface area contributed by atoms with E-state index in [-0.39, 0.29) is 0 Å². The van der Waals surface area contributed by atoms with Gasteiger partial charge in [0.15, 0.2) is 0 Å². The minimum atomic E-state index is 0.775. The first-order valence-corrected chi connectivity index (χ1v) is 3.25. The Bertz CT molecular complexity index is 193. The van der Waals surface area contributed by atoms with Crippen LogP contribution in [0.4, 0.5) is 0 Å². The molecule has 0 unspecified atom stereocenters. The number of nitrogens with two attached hydrogens (primary N) is 1. The van der Waals surface area contributed by atoms with Gasteiger partial charge in [-0.25, -0.2) is 0 Å². The lowest BCUT2D eigenvalue weighted by atomic mass is 10.3. The number of nitrogens with zero attached hydrogens (tertiary/aromatic N) is 2. The minimum Gasteiger partial charge on any atom is -0.276 e. The molecule has 0 aliphatic rings. The SMILES string of the molecule is Cn1ccc(CCNN)n1. The summed E-state index contributed by atoms with van der Waals surface area (Å²) in [5.41, 5.74) is 3.65. The molecule has 0 aliphatic carbocycles. The van der Waals surface area contributed by atoms with Crippen molar-refractivity contribution in [3.05, 3.63) is 18.0 Å². The standard InChI is InChI=1S/C6H12N4/c1-10-5-3-6(9-10)2-4-8-7/h3,5,8H,2,4,7H2,1H3. The summed E-state index contributed by atoms with van der Waals surface area (Å²) in [6.07, 6.45) is 2.81. The summed E-state index contributed by atoms with van der Waals surface area (Å²) < 4.78 is 1.78. The third-order valence-electron chi connectivity index (χ3n) is 1.29. The van der Waals surface area contributed by atoms with Crippen molar-refractivity contribution < 1.29 is 0 Å². The highest BCUT2D eigenvalue weighted by atomic mass is 15.3. The highest BCUT2D eigenvalue weighted by Crippen LogP contribution is 1.92. The van der Waals surface area contributed by atoms with Gasteiger partial charge in [-0.05, 0) is 6.07 Å². The average molecular weight is 140 g/mol. The number of aryl methyl sites for hydroxylation is 1. The summed E-state index contributed by atoms with van der Waals surface area (Å²) in [5.74, 6) is 5.10. The zero-order valence-corrected chi connectivity index (χ0v) is 6.04. The highest BCUT2D eigenvalue weighted by Gasteiger charge is 1.93. The average Bonchev–Trinajstić information content (AvgIpc) is 2.31. The second kappa shape index (κ2) is 3.34. The molecule has 1 aromatic heterocycles. The third kappa shape index (κ3) is 1.82. The van der Waals surface area contributed by atoms with Gasteiger partial charge < -0.3 is 0 Å². The van der Waals surface area contributed by atoms with Crippen molar-refractivity contribution >= 4 is 0 Å². The van der Waals surface area contributed by atoms with Crippen molar-refractivity contribution in [2.45, 2.75) is 6.42 Å². The normalized spacial score (nSPS) is 10.2. The van der Waals surface area contributed by atoms with Crippen LogP contribution < -0.4 is 11.3 Å². The second-order valence-electron chi connectivity index (χ2n) is 2.18. The first kappa shape index (κ1) is 7.24. The van der Waals surface area contributed by atoms with Crippen LogP contribution in [0.2, 0.25) is 0 Å². The maximum Gasteiger partial charge on any atom is 0.0637 e. The molecule has 1 heterocycles. The number of hydrogen-bond acceptors (Lipinski definition) is 3. The summed E-state index contributed by atoms with van der Waals surface area (Å²) in [4.78, 5) is 0. The van der Waals surface area contributed by atoms with E-state index in [0.717, 1.165) is 18.7 Å². The van der Waals surface area contributed by atoms with Crippen LogP contribution in [-0.2, 0) is 13.5 Å². The summed E-state index contributed by atoms with van der Waals surface area (Å²) in [6, 6.07) is 1.98. The molecule has 0 spiro atoms. The quantitative estimate of drug-likeness (QED) is 0.436. The van der Waals surface area contributed by atoms with E-state index in [1.165, 1.54) is 0 Å². The summed E-state index contributed by atoms with van der Waals surface area (Å²) in [6.45, 7) is 0.775. The van der Waals surface area contributed by atoms with Gasteiger partial charge in [-0.2, -0.15) is 5.10 Å². The Labute approximate surface area is 60.0 Å². The Hall–Kier alpha value is -0.870. The summed E-state index contributed by atoms with van der Waals surface area (Å²) >= 11 is 0. The molecular formula is C6H12N4. The molecular weight excluding hydrogens is 128 g/mol. The zero-order valence-electron chi connectivity index (χ0n) is 6.04. The van der Waals surface area contributed by atoms with Crippen LogP contribution in [0.1, 0.15) is 5.69 Å². The Morgan fingerprint density at radius 1 is 1.80 bits per heavy atom. The maximum atomic E-state index is 5.10. The van der Waals surface area contributed by atoms with Gasteiger partial charge in [-0.1, -0.05) is 0 Å². The van der Waals surface area contributed by atoms with Crippen LogP contribution in [0.25, 0.3) is 0 Å². The smallest absolute Gasteiger partial charge is 0.0637 e. The summed E-state index contributed by atoms with van der Waals surface area (Å²) in [7, 11) is 1.90. The lowest BCUT2D eigenvalue weighted by molar-refractivity contribution is 0.691. The van der Waals surface area contributed by atoms with Crippen molar-refractivity contribution in [2.75, 3.05) is 6.54 Å². The molecule has 4 heteroatoms. The van der Waals surface area contributed by atoms with Crippen molar-refractivity contribution in [1.82, 2.24) is 15.2 Å². The van der Waals surface area contributed by atoms with Crippen molar-refractivity contribution in [3.8, 4) is 0 Å². The molecule has 0 aliphatic heterocycles. The molecule has 1 rings (SSSR count). The molecule has 3 N–H and O–H groups in total. The topological polar surface area (TPSA) is 55.9 Å². The minimum absolute atomic E-state index is 0.775. The molecule has 0 saturated heterocycles. The van der Waals surface area contributed by atoms with E-state index in [2.05, 4.69) is 10.5 Å². The van der Waals surface area contributed by atoms with E-state index in [4.69, 9.17) is 5.84 Å². The van der Waals surface area contributed by atoms with E-state index >= 15 is 0 Å². The lowest BCUT2D eigenvalue weighted by Crippen LogP contribution is -2.24. The second-order valence-corrected chi connectivity index (χ2v) is 2.18. The monoisotopic (exact) mass is 140 g/mol. The fourth-order valence-electron chi connectivity index (χ4n) is 0.797. The first-order chi connectivity index (χ1) is 4.83. The van der Waals surface area contributed by atoms with Crippen LogP contribution >= 0.6 is 0 Å². The lowest BCUT2D eigenvalue weighted by Gasteiger charge is -1.93. The molecule has 56 valence electrons. The molecule has 0 amide bonds. The third-order valence-corrected chi connectivity index (χ3v) is 1.29. The fourth-order valence-corrected chi connectivity index (χ4v) is 0.797. The molecule has 0 bridgehead atoms. The Balaban J connectivity index is 2.42. The van der Waals surface area contributed by atoms with Gasteiger partial charge in [0.2, 0.25) is 0 Å². The largest absolute Gasteiger partial charge is 0.276 e. The van der Waals surface area contributed by atoms with E-state index < -0.39 is 0 Å². The van der Waals surface area contributed by atoms with Gasteiger partial charge in [0.25, 0.3) is 0 Å². The van der Waals surface area contributed by atoms with Crippen molar-refractivity contribution in [1.29, 1.82) is 0 Å². The van der Waals surface area contributed by atoms with Crippen LogP contribution in [0.3, 0.4) is 0 Å². The zero-order chi connectivity index (χ0) is 7.40. The molecule has 0 aromatic carbocycles. The molecule has 4 nitrogen and oxygen atoms in total.